The van der Waals surface area contributed by atoms with Crippen LogP contribution in [0.15, 0.2) is 24.3 Å². The molecule has 1 atom stereocenters. The Balaban J connectivity index is 1.77. The maximum absolute atomic E-state index is 11.5. The van der Waals surface area contributed by atoms with Crippen LogP contribution in [-0.2, 0) is 30.2 Å². The summed E-state index contributed by atoms with van der Waals surface area (Å²) < 4.78 is 21.7. The maximum Gasteiger partial charge on any atom is 0.330 e. The molecule has 0 saturated carbocycles. The second kappa shape index (κ2) is 15.4. The molecule has 2 rings (SSSR count). The van der Waals surface area contributed by atoms with Crippen molar-refractivity contribution in [3.05, 3.63) is 35.4 Å². The summed E-state index contributed by atoms with van der Waals surface area (Å²) in [6, 6.07) is 5.78. The van der Waals surface area contributed by atoms with Crippen molar-refractivity contribution in [3.8, 4) is 5.75 Å². The first-order valence-electron chi connectivity index (χ1n) is 11.5. The fourth-order valence-corrected chi connectivity index (χ4v) is 3.51. The van der Waals surface area contributed by atoms with Gasteiger partial charge in [-0.3, -0.25) is 4.79 Å². The average Bonchev–Trinajstić information content (AvgIpc) is 2.81. The standard InChI is InChI=1S/C25H36O7/c1-29-24(28)15-13-21-19-22(30-18-8-10-23(26)27)14-12-20(21)9-4-2-3-6-16-31-25-11-5-7-17-32-25/h12-15,19,25H,2-11,16-18H2,1H3,(H,26,27)/b15-13+. The highest BCUT2D eigenvalue weighted by Gasteiger charge is 2.13. The van der Waals surface area contributed by atoms with Gasteiger partial charge in [-0.05, 0) is 74.3 Å². The smallest absolute Gasteiger partial charge is 0.330 e. The molecule has 1 aliphatic rings. The number of aryl methyl sites for hydroxylation is 1. The van der Waals surface area contributed by atoms with Crippen LogP contribution in [0.4, 0.5) is 0 Å². The third-order valence-electron chi connectivity index (χ3n) is 5.30. The molecule has 1 aromatic rings. The van der Waals surface area contributed by atoms with Crippen LogP contribution >= 0.6 is 0 Å². The molecule has 7 nitrogen and oxygen atoms in total. The summed E-state index contributed by atoms with van der Waals surface area (Å²) in [4.78, 5) is 22.1. The van der Waals surface area contributed by atoms with Gasteiger partial charge in [0, 0.05) is 25.7 Å². The fourth-order valence-electron chi connectivity index (χ4n) is 3.51. The largest absolute Gasteiger partial charge is 0.494 e. The number of unbranched alkanes of at least 4 members (excludes halogenated alkanes) is 3. The van der Waals surface area contributed by atoms with Gasteiger partial charge in [-0.25, -0.2) is 4.79 Å². The predicted octanol–water partition coefficient (Wildman–Crippen LogP) is 4.76. The number of carboxylic acid groups (broad SMARTS) is 1. The van der Waals surface area contributed by atoms with E-state index in [1.807, 2.05) is 18.2 Å². The van der Waals surface area contributed by atoms with E-state index in [9.17, 15) is 9.59 Å². The minimum Gasteiger partial charge on any atom is -0.494 e. The van der Waals surface area contributed by atoms with E-state index in [0.29, 0.717) is 18.8 Å². The number of rotatable bonds is 15. The van der Waals surface area contributed by atoms with Crippen LogP contribution in [0, 0.1) is 0 Å². The summed E-state index contributed by atoms with van der Waals surface area (Å²) in [5.74, 6) is -0.587. The second-order valence-electron chi connectivity index (χ2n) is 7.89. The minimum atomic E-state index is -0.834. The van der Waals surface area contributed by atoms with Crippen molar-refractivity contribution in [2.45, 2.75) is 70.5 Å². The normalized spacial score (nSPS) is 16.2. The Labute approximate surface area is 190 Å². The second-order valence-corrected chi connectivity index (χ2v) is 7.89. The molecule has 1 saturated heterocycles. The molecule has 1 fully saturated rings. The molecule has 0 bridgehead atoms. The maximum atomic E-state index is 11.5. The van der Waals surface area contributed by atoms with Crippen LogP contribution in [0.2, 0.25) is 0 Å². The third-order valence-corrected chi connectivity index (χ3v) is 5.30. The Hall–Kier alpha value is -2.38. The lowest BCUT2D eigenvalue weighted by Gasteiger charge is -2.22. The number of aliphatic carboxylic acids is 1. The number of hydrogen-bond donors (Lipinski definition) is 1. The zero-order valence-corrected chi connectivity index (χ0v) is 19.1. The molecule has 178 valence electrons. The summed E-state index contributed by atoms with van der Waals surface area (Å²) in [7, 11) is 1.35. The molecule has 32 heavy (non-hydrogen) atoms. The van der Waals surface area contributed by atoms with E-state index < -0.39 is 11.9 Å². The van der Waals surface area contributed by atoms with Crippen molar-refractivity contribution in [1.29, 1.82) is 0 Å². The van der Waals surface area contributed by atoms with Gasteiger partial charge in [0.15, 0.2) is 6.29 Å². The fraction of sp³-hybridized carbons (Fsp3) is 0.600. The number of carbonyl (C=O) groups excluding carboxylic acids is 1. The van der Waals surface area contributed by atoms with E-state index in [4.69, 9.17) is 24.1 Å². The highest BCUT2D eigenvalue weighted by molar-refractivity contribution is 5.87. The number of carboxylic acids is 1. The number of methoxy groups -OCH3 is 1. The Kier molecular flexibility index (Phi) is 12.5. The first-order valence-corrected chi connectivity index (χ1v) is 11.5. The molecule has 0 aromatic heterocycles. The van der Waals surface area contributed by atoms with Crippen LogP contribution in [0.1, 0.15) is 68.9 Å². The van der Waals surface area contributed by atoms with E-state index in [-0.39, 0.29) is 12.7 Å². The number of carbonyl (C=O) groups is 2. The highest BCUT2D eigenvalue weighted by atomic mass is 16.7. The van der Waals surface area contributed by atoms with E-state index in [1.165, 1.54) is 19.6 Å². The Morgan fingerprint density at radius 1 is 1.12 bits per heavy atom. The zero-order valence-electron chi connectivity index (χ0n) is 19.1. The molecule has 0 amide bonds. The molecular weight excluding hydrogens is 412 g/mol. The SMILES string of the molecule is COC(=O)/C=C/c1cc(OCCCC(=O)O)ccc1CCCCCCOC1CCCCO1. The van der Waals surface area contributed by atoms with Crippen LogP contribution in [-0.4, -0.2) is 50.3 Å². The quantitative estimate of drug-likeness (QED) is 0.235. The summed E-state index contributed by atoms with van der Waals surface area (Å²) in [5, 5.41) is 8.73. The van der Waals surface area contributed by atoms with E-state index in [1.54, 1.807) is 6.08 Å². The van der Waals surface area contributed by atoms with Gasteiger partial charge in [-0.2, -0.15) is 0 Å². The van der Waals surface area contributed by atoms with Crippen LogP contribution < -0.4 is 4.74 Å². The molecule has 1 aliphatic heterocycles. The number of ether oxygens (including phenoxy) is 4. The van der Waals surface area contributed by atoms with Gasteiger partial charge in [-0.15, -0.1) is 0 Å². The van der Waals surface area contributed by atoms with Gasteiger partial charge in [0.05, 0.1) is 13.7 Å². The Morgan fingerprint density at radius 3 is 2.72 bits per heavy atom. The Morgan fingerprint density at radius 2 is 1.97 bits per heavy atom. The predicted molar refractivity (Wildman–Crippen MR) is 122 cm³/mol. The first kappa shape index (κ1) is 25.9. The lowest BCUT2D eigenvalue weighted by molar-refractivity contribution is -0.162. The molecule has 1 heterocycles. The summed E-state index contributed by atoms with van der Waals surface area (Å²) in [6.45, 7) is 1.88. The summed E-state index contributed by atoms with van der Waals surface area (Å²) >= 11 is 0. The van der Waals surface area contributed by atoms with E-state index in [0.717, 1.165) is 69.3 Å². The van der Waals surface area contributed by atoms with Gasteiger partial charge in [0.1, 0.15) is 5.75 Å². The van der Waals surface area contributed by atoms with Gasteiger partial charge >= 0.3 is 11.9 Å². The first-order chi connectivity index (χ1) is 15.6. The van der Waals surface area contributed by atoms with Crippen molar-refractivity contribution in [2.24, 2.45) is 0 Å². The van der Waals surface area contributed by atoms with Crippen LogP contribution in [0.25, 0.3) is 6.08 Å². The average molecular weight is 449 g/mol. The summed E-state index contributed by atoms with van der Waals surface area (Å²) in [5.41, 5.74) is 2.04. The van der Waals surface area contributed by atoms with Crippen molar-refractivity contribution < 1.29 is 33.6 Å². The highest BCUT2D eigenvalue weighted by Crippen LogP contribution is 2.22. The van der Waals surface area contributed by atoms with Gasteiger partial charge in [0.2, 0.25) is 0 Å². The topological polar surface area (TPSA) is 91.3 Å². The van der Waals surface area contributed by atoms with Gasteiger partial charge in [-0.1, -0.05) is 18.9 Å². The van der Waals surface area contributed by atoms with E-state index >= 15 is 0 Å². The summed E-state index contributed by atoms with van der Waals surface area (Å²) in [6.07, 6.45) is 12.1. The van der Waals surface area contributed by atoms with Crippen LogP contribution in [0.3, 0.4) is 0 Å². The molecule has 0 radical (unpaired) electrons. The van der Waals surface area contributed by atoms with Crippen molar-refractivity contribution in [1.82, 2.24) is 0 Å². The Bertz CT molecular complexity index is 723. The minimum absolute atomic E-state index is 0.0160. The molecule has 1 aromatic carbocycles. The van der Waals surface area contributed by atoms with Crippen LogP contribution in [0.5, 0.6) is 5.75 Å². The van der Waals surface area contributed by atoms with Crippen molar-refractivity contribution in [2.75, 3.05) is 26.9 Å². The lowest BCUT2D eigenvalue weighted by atomic mass is 10.00. The number of hydrogen-bond acceptors (Lipinski definition) is 6. The molecule has 0 spiro atoms. The molecule has 7 heteroatoms. The van der Waals surface area contributed by atoms with E-state index in [2.05, 4.69) is 0 Å². The number of benzene rings is 1. The lowest BCUT2D eigenvalue weighted by Crippen LogP contribution is -2.22. The van der Waals surface area contributed by atoms with Crippen molar-refractivity contribution >= 4 is 18.0 Å². The van der Waals surface area contributed by atoms with Crippen molar-refractivity contribution in [3.63, 3.8) is 0 Å². The monoisotopic (exact) mass is 448 g/mol. The van der Waals surface area contributed by atoms with Gasteiger partial charge < -0.3 is 24.1 Å². The third kappa shape index (κ3) is 10.8. The molecule has 1 N–H and O–H groups in total. The molecule has 1 unspecified atom stereocenters. The molecule has 0 aliphatic carbocycles. The van der Waals surface area contributed by atoms with Gasteiger partial charge in [0.25, 0.3) is 0 Å². The molecular formula is C25H36O7. The number of esters is 1. The zero-order chi connectivity index (χ0) is 23.0.